The second-order valence-electron chi connectivity index (χ2n) is 4.20. The highest BCUT2D eigenvalue weighted by molar-refractivity contribution is 7.99. The third kappa shape index (κ3) is 3.24. The third-order valence-corrected chi connectivity index (χ3v) is 4.02. The van der Waals surface area contributed by atoms with Gasteiger partial charge in [-0.15, -0.1) is 0 Å². The Balaban J connectivity index is 1.79. The van der Waals surface area contributed by atoms with E-state index in [2.05, 4.69) is 29.2 Å². The second kappa shape index (κ2) is 6.28. The van der Waals surface area contributed by atoms with E-state index in [0.29, 0.717) is 0 Å². The molecule has 1 aliphatic rings. The van der Waals surface area contributed by atoms with Gasteiger partial charge in [-0.2, -0.15) is 11.8 Å². The average molecular weight is 236 g/mol. The van der Waals surface area contributed by atoms with Crippen molar-refractivity contribution in [2.45, 2.75) is 13.0 Å². The molecule has 88 valence electrons. The number of nitrogens with two attached hydrogens (primary N) is 1. The van der Waals surface area contributed by atoms with Crippen molar-refractivity contribution in [3.63, 3.8) is 0 Å². The van der Waals surface area contributed by atoms with Gasteiger partial charge in [0.25, 0.3) is 0 Å². The minimum absolute atomic E-state index is 0.799. The highest BCUT2D eigenvalue weighted by atomic mass is 32.2. The van der Waals surface area contributed by atoms with Gasteiger partial charge < -0.3 is 5.73 Å². The number of fused-ring (bicyclic) bond motifs is 1. The van der Waals surface area contributed by atoms with Gasteiger partial charge in [-0.1, -0.05) is 24.3 Å². The van der Waals surface area contributed by atoms with Crippen LogP contribution in [0.1, 0.15) is 11.1 Å². The average Bonchev–Trinajstić information content (AvgIpc) is 2.34. The molecule has 1 aromatic carbocycles. The lowest BCUT2D eigenvalue weighted by atomic mass is 10.0. The molecule has 3 heteroatoms. The van der Waals surface area contributed by atoms with Crippen molar-refractivity contribution in [2.24, 2.45) is 5.73 Å². The summed E-state index contributed by atoms with van der Waals surface area (Å²) in [6, 6.07) is 8.81. The molecule has 0 amide bonds. The van der Waals surface area contributed by atoms with Crippen LogP contribution in [0.3, 0.4) is 0 Å². The van der Waals surface area contributed by atoms with E-state index in [-0.39, 0.29) is 0 Å². The molecule has 1 heterocycles. The predicted molar refractivity (Wildman–Crippen MR) is 71.8 cm³/mol. The highest BCUT2D eigenvalue weighted by Gasteiger charge is 2.14. The van der Waals surface area contributed by atoms with Gasteiger partial charge >= 0.3 is 0 Å². The normalized spacial score (nSPS) is 16.1. The zero-order chi connectivity index (χ0) is 11.2. The molecule has 2 rings (SSSR count). The molecule has 0 spiro atoms. The standard InChI is InChI=1S/C13H20N2S/c14-6-9-16-10-8-15-7-5-12-3-1-2-4-13(12)11-15/h1-4H,5-11,14H2. The Bertz CT molecular complexity index is 327. The van der Waals surface area contributed by atoms with Crippen LogP contribution in [0.2, 0.25) is 0 Å². The van der Waals surface area contributed by atoms with Crippen molar-refractivity contribution < 1.29 is 0 Å². The van der Waals surface area contributed by atoms with E-state index in [0.717, 1.165) is 18.8 Å². The van der Waals surface area contributed by atoms with Gasteiger partial charge in [0.15, 0.2) is 0 Å². The number of hydrogen-bond donors (Lipinski definition) is 1. The Morgan fingerprint density at radius 2 is 2.00 bits per heavy atom. The summed E-state index contributed by atoms with van der Waals surface area (Å²) in [7, 11) is 0. The Morgan fingerprint density at radius 3 is 2.81 bits per heavy atom. The van der Waals surface area contributed by atoms with Crippen LogP contribution in [-0.2, 0) is 13.0 Å². The van der Waals surface area contributed by atoms with Crippen molar-refractivity contribution in [3.05, 3.63) is 35.4 Å². The van der Waals surface area contributed by atoms with E-state index in [9.17, 15) is 0 Å². The molecule has 1 aliphatic heterocycles. The molecule has 0 aliphatic carbocycles. The zero-order valence-electron chi connectivity index (χ0n) is 9.69. The zero-order valence-corrected chi connectivity index (χ0v) is 10.5. The summed E-state index contributed by atoms with van der Waals surface area (Å²) >= 11 is 1.96. The molecular formula is C13H20N2S. The van der Waals surface area contributed by atoms with Crippen LogP contribution in [0.5, 0.6) is 0 Å². The molecule has 0 saturated heterocycles. The van der Waals surface area contributed by atoms with E-state index in [1.54, 1.807) is 0 Å². The number of hydrogen-bond acceptors (Lipinski definition) is 3. The maximum atomic E-state index is 5.48. The lowest BCUT2D eigenvalue weighted by Gasteiger charge is -2.28. The first-order valence-electron chi connectivity index (χ1n) is 5.97. The van der Waals surface area contributed by atoms with Gasteiger partial charge in [0.2, 0.25) is 0 Å². The Hall–Kier alpha value is -0.510. The Kier molecular flexibility index (Phi) is 4.69. The second-order valence-corrected chi connectivity index (χ2v) is 5.42. The molecule has 2 nitrogen and oxygen atoms in total. The fourth-order valence-corrected chi connectivity index (χ4v) is 2.88. The number of rotatable bonds is 5. The Labute approximate surface area is 102 Å². The van der Waals surface area contributed by atoms with Crippen molar-refractivity contribution in [1.82, 2.24) is 4.90 Å². The molecular weight excluding hydrogens is 216 g/mol. The maximum Gasteiger partial charge on any atom is 0.0236 e. The molecule has 16 heavy (non-hydrogen) atoms. The van der Waals surface area contributed by atoms with Crippen LogP contribution < -0.4 is 5.73 Å². The molecule has 0 aromatic heterocycles. The smallest absolute Gasteiger partial charge is 0.0236 e. The van der Waals surface area contributed by atoms with Crippen LogP contribution in [0.15, 0.2) is 24.3 Å². The van der Waals surface area contributed by atoms with Crippen molar-refractivity contribution in [3.8, 4) is 0 Å². The monoisotopic (exact) mass is 236 g/mol. The van der Waals surface area contributed by atoms with Crippen LogP contribution in [0.25, 0.3) is 0 Å². The van der Waals surface area contributed by atoms with Crippen LogP contribution in [0, 0.1) is 0 Å². The van der Waals surface area contributed by atoms with Crippen molar-refractivity contribution in [2.75, 3.05) is 31.1 Å². The molecule has 0 radical (unpaired) electrons. The van der Waals surface area contributed by atoms with Gasteiger partial charge in [0.1, 0.15) is 0 Å². The summed E-state index contributed by atoms with van der Waals surface area (Å²) in [5.74, 6) is 2.30. The van der Waals surface area contributed by atoms with Gasteiger partial charge in [-0.3, -0.25) is 4.90 Å². The lowest BCUT2D eigenvalue weighted by Crippen LogP contribution is -2.32. The topological polar surface area (TPSA) is 29.3 Å². The van der Waals surface area contributed by atoms with Gasteiger partial charge in [-0.05, 0) is 17.5 Å². The fraction of sp³-hybridized carbons (Fsp3) is 0.538. The summed E-state index contributed by atoms with van der Waals surface area (Å²) in [5.41, 5.74) is 8.52. The lowest BCUT2D eigenvalue weighted by molar-refractivity contribution is 0.270. The van der Waals surface area contributed by atoms with E-state index < -0.39 is 0 Å². The van der Waals surface area contributed by atoms with Crippen LogP contribution >= 0.6 is 11.8 Å². The number of thioether (sulfide) groups is 1. The maximum absolute atomic E-state index is 5.48. The predicted octanol–water partition coefficient (Wildman–Crippen LogP) is 1.74. The van der Waals surface area contributed by atoms with Crippen LogP contribution in [-0.4, -0.2) is 36.0 Å². The molecule has 0 bridgehead atoms. The van der Waals surface area contributed by atoms with Gasteiger partial charge in [-0.25, -0.2) is 0 Å². The minimum atomic E-state index is 0.799. The van der Waals surface area contributed by atoms with E-state index >= 15 is 0 Å². The molecule has 0 saturated carbocycles. The summed E-state index contributed by atoms with van der Waals surface area (Å²) < 4.78 is 0. The van der Waals surface area contributed by atoms with E-state index in [1.165, 1.54) is 36.4 Å². The van der Waals surface area contributed by atoms with E-state index in [4.69, 9.17) is 5.73 Å². The first-order chi connectivity index (χ1) is 7.90. The Morgan fingerprint density at radius 1 is 1.19 bits per heavy atom. The summed E-state index contributed by atoms with van der Waals surface area (Å²) in [4.78, 5) is 2.55. The molecule has 1 aromatic rings. The molecule has 0 fully saturated rings. The SMILES string of the molecule is NCCSCCN1CCc2ccccc2C1. The first-order valence-corrected chi connectivity index (χ1v) is 7.12. The van der Waals surface area contributed by atoms with Gasteiger partial charge in [0, 0.05) is 37.7 Å². The van der Waals surface area contributed by atoms with Crippen molar-refractivity contribution in [1.29, 1.82) is 0 Å². The minimum Gasteiger partial charge on any atom is -0.330 e. The molecule has 0 atom stereocenters. The van der Waals surface area contributed by atoms with E-state index in [1.807, 2.05) is 11.8 Å². The fourth-order valence-electron chi connectivity index (χ4n) is 2.12. The van der Waals surface area contributed by atoms with Gasteiger partial charge in [0.05, 0.1) is 0 Å². The quantitative estimate of drug-likeness (QED) is 0.790. The first kappa shape index (κ1) is 12.0. The summed E-state index contributed by atoms with van der Waals surface area (Å²) in [6.07, 6.45) is 1.21. The summed E-state index contributed by atoms with van der Waals surface area (Å²) in [6.45, 7) is 4.33. The third-order valence-electron chi connectivity index (χ3n) is 3.02. The largest absolute Gasteiger partial charge is 0.330 e. The highest BCUT2D eigenvalue weighted by Crippen LogP contribution is 2.18. The molecule has 2 N–H and O–H groups in total. The van der Waals surface area contributed by atoms with Crippen molar-refractivity contribution >= 4 is 11.8 Å². The number of benzene rings is 1. The number of nitrogens with zero attached hydrogens (tertiary/aromatic N) is 1. The van der Waals surface area contributed by atoms with Crippen LogP contribution in [0.4, 0.5) is 0 Å². The summed E-state index contributed by atoms with van der Waals surface area (Å²) in [5, 5.41) is 0. The molecule has 0 unspecified atom stereocenters.